The number of terminal acetylenes is 1. The van der Waals surface area contributed by atoms with Crippen LogP contribution >= 0.6 is 7.82 Å². The van der Waals surface area contributed by atoms with Crippen molar-refractivity contribution in [1.29, 1.82) is 0 Å². The van der Waals surface area contributed by atoms with Crippen LogP contribution in [-0.4, -0.2) is 33.2 Å². The number of aromatic nitrogens is 2. The van der Waals surface area contributed by atoms with E-state index in [0.29, 0.717) is 15.7 Å². The molecule has 0 spiro atoms. The first-order valence-electron chi connectivity index (χ1n) is 10.4. The molecule has 32 heavy (non-hydrogen) atoms. The van der Waals surface area contributed by atoms with Crippen molar-refractivity contribution in [3.8, 4) is 18.1 Å². The van der Waals surface area contributed by atoms with Crippen molar-refractivity contribution in [3.05, 3.63) is 61.4 Å². The lowest BCUT2D eigenvalue weighted by atomic mass is 10.1. The van der Waals surface area contributed by atoms with Crippen molar-refractivity contribution < 1.29 is 35.1 Å². The monoisotopic (exact) mass is 468 g/mol. The van der Waals surface area contributed by atoms with Gasteiger partial charge in [-0.05, 0) is 19.4 Å². The highest BCUT2D eigenvalue weighted by molar-refractivity contribution is 7.49. The summed E-state index contributed by atoms with van der Waals surface area (Å²) < 4.78 is 65.9. The molecule has 10 nitrogen and oxygen atoms in total. The van der Waals surface area contributed by atoms with Gasteiger partial charge in [-0.2, -0.15) is 0 Å². The number of benzene rings is 1. The molecule has 1 saturated heterocycles. The molecule has 1 aromatic carbocycles. The minimum absolute atomic E-state index is 0.163. The van der Waals surface area contributed by atoms with E-state index >= 15 is 4.39 Å². The first-order valence-corrected chi connectivity index (χ1v) is 10.9. The van der Waals surface area contributed by atoms with E-state index in [1.165, 1.54) is 0 Å². The van der Waals surface area contributed by atoms with Crippen molar-refractivity contribution in [2.75, 3.05) is 6.56 Å². The molecule has 1 aromatic heterocycles. The summed E-state index contributed by atoms with van der Waals surface area (Å²) in [6.45, 7) is -0.184. The molecule has 2 N–H and O–H groups in total. The highest BCUT2D eigenvalue weighted by Gasteiger charge is 2.50. The quantitative estimate of drug-likeness (QED) is 0.514. The van der Waals surface area contributed by atoms with Crippen LogP contribution in [0.1, 0.15) is 37.6 Å². The standard InChI is InChI=1S/C20H20FN2O8P/c1-4-13-8-23(19(26)22-17(13)25)18-15(24)7-20(21,30-18)10-29-32(27)28-9-14-6-11(2)5-12(3)16(14)31-32/h1,5-6,8,15,18,24H,7,9-10H2,2-3H3,(H,22,25,26)/t15-,18-,20+,32?/m1/s1/i10D2. The van der Waals surface area contributed by atoms with Crippen molar-refractivity contribution in [2.45, 2.75) is 45.1 Å². The Labute approximate surface area is 184 Å². The van der Waals surface area contributed by atoms with Crippen LogP contribution in [0.25, 0.3) is 0 Å². The van der Waals surface area contributed by atoms with E-state index in [1.807, 2.05) is 17.8 Å². The molecule has 0 radical (unpaired) electrons. The fourth-order valence-electron chi connectivity index (χ4n) is 3.51. The molecule has 2 aliphatic rings. The third kappa shape index (κ3) is 4.16. The number of alkyl halides is 1. The molecule has 12 heteroatoms. The van der Waals surface area contributed by atoms with Crippen LogP contribution in [0.4, 0.5) is 4.39 Å². The van der Waals surface area contributed by atoms with Gasteiger partial charge in [-0.1, -0.05) is 23.6 Å². The second-order valence-corrected chi connectivity index (χ2v) is 8.96. The summed E-state index contributed by atoms with van der Waals surface area (Å²) in [5.74, 6) is -1.21. The van der Waals surface area contributed by atoms with E-state index < -0.39 is 50.2 Å². The zero-order valence-corrected chi connectivity index (χ0v) is 17.9. The molecule has 3 heterocycles. The van der Waals surface area contributed by atoms with Gasteiger partial charge in [0, 0.05) is 18.2 Å². The van der Waals surface area contributed by atoms with E-state index in [0.717, 1.165) is 11.8 Å². The zero-order valence-electron chi connectivity index (χ0n) is 19.0. The lowest BCUT2D eigenvalue weighted by Gasteiger charge is -2.28. The van der Waals surface area contributed by atoms with Crippen LogP contribution in [0, 0.1) is 26.2 Å². The van der Waals surface area contributed by atoms with E-state index in [4.69, 9.17) is 27.5 Å². The smallest absolute Gasteiger partial charge is 0.403 e. The number of nitrogens with zero attached hydrogens (tertiary/aromatic N) is 1. The summed E-state index contributed by atoms with van der Waals surface area (Å²) in [4.78, 5) is 25.7. The van der Waals surface area contributed by atoms with Gasteiger partial charge in [0.2, 0.25) is 5.85 Å². The zero-order chi connectivity index (χ0) is 25.1. The Kier molecular flexibility index (Phi) is 4.97. The summed E-state index contributed by atoms with van der Waals surface area (Å²) >= 11 is 0. The van der Waals surface area contributed by atoms with Crippen LogP contribution in [0.15, 0.2) is 27.9 Å². The van der Waals surface area contributed by atoms with Gasteiger partial charge in [0.15, 0.2) is 6.23 Å². The van der Waals surface area contributed by atoms with Crippen LogP contribution < -0.4 is 15.8 Å². The minimum atomic E-state index is -4.66. The average molecular weight is 468 g/mol. The van der Waals surface area contributed by atoms with E-state index in [-0.39, 0.29) is 17.9 Å². The number of phosphoric acid groups is 1. The Morgan fingerprint density at radius 2 is 2.25 bits per heavy atom. The maximum absolute atomic E-state index is 15.7. The molecule has 4 atom stereocenters. The van der Waals surface area contributed by atoms with E-state index in [9.17, 15) is 19.3 Å². The first-order chi connectivity index (χ1) is 15.8. The largest absolute Gasteiger partial charge is 0.530 e. The topological polar surface area (TPSA) is 129 Å². The average Bonchev–Trinajstić information content (AvgIpc) is 3.04. The van der Waals surface area contributed by atoms with Crippen LogP contribution in [0.5, 0.6) is 5.75 Å². The van der Waals surface area contributed by atoms with Gasteiger partial charge in [0.05, 0.1) is 9.35 Å². The molecule has 0 bridgehead atoms. The SMILES string of the molecule is [2H]C([2H])(OP1(=O)OCc2cc(C)cc(C)c2O1)[C@]1(F)C[C@@H](O)[C@H](n2cc(C#C)c(=O)[nH]c2=O)O1. The van der Waals surface area contributed by atoms with Crippen molar-refractivity contribution in [1.82, 2.24) is 9.55 Å². The fraction of sp³-hybridized carbons (Fsp3) is 0.400. The number of H-pyrrole nitrogens is 1. The Hall–Kier alpha value is -2.74. The summed E-state index contributed by atoms with van der Waals surface area (Å²) in [7, 11) is -4.66. The number of hydrogen-bond donors (Lipinski definition) is 2. The summed E-state index contributed by atoms with van der Waals surface area (Å²) in [6, 6.07) is 3.47. The van der Waals surface area contributed by atoms with Crippen molar-refractivity contribution >= 4 is 7.82 Å². The third-order valence-electron chi connectivity index (χ3n) is 4.89. The number of aliphatic hydroxyl groups excluding tert-OH is 1. The molecular formula is C20H20FN2O8P. The third-order valence-corrected chi connectivity index (χ3v) is 6.06. The van der Waals surface area contributed by atoms with Gasteiger partial charge in [-0.15, -0.1) is 6.42 Å². The number of hydrogen-bond acceptors (Lipinski definition) is 8. The first kappa shape index (κ1) is 19.9. The molecule has 0 amide bonds. The van der Waals surface area contributed by atoms with Gasteiger partial charge in [-0.3, -0.25) is 23.4 Å². The lowest BCUT2D eigenvalue weighted by Crippen LogP contribution is -2.37. The second-order valence-electron chi connectivity index (χ2n) is 7.44. The highest BCUT2D eigenvalue weighted by atomic mass is 31.2. The second kappa shape index (κ2) is 7.99. The van der Waals surface area contributed by atoms with Gasteiger partial charge in [-0.25, -0.2) is 13.8 Å². The number of aromatic amines is 1. The number of fused-ring (bicyclic) bond motifs is 1. The lowest BCUT2D eigenvalue weighted by molar-refractivity contribution is -0.179. The molecule has 2 aromatic rings. The van der Waals surface area contributed by atoms with Gasteiger partial charge in [0.25, 0.3) is 5.56 Å². The van der Waals surface area contributed by atoms with Gasteiger partial charge < -0.3 is 14.4 Å². The number of nitrogens with one attached hydrogen (secondary N) is 1. The minimum Gasteiger partial charge on any atom is -0.403 e. The fourth-order valence-corrected chi connectivity index (χ4v) is 4.68. The predicted octanol–water partition coefficient (Wildman–Crippen LogP) is 1.81. The highest BCUT2D eigenvalue weighted by Crippen LogP contribution is 2.56. The molecule has 1 fully saturated rings. The maximum atomic E-state index is 15.7. The Morgan fingerprint density at radius 1 is 1.50 bits per heavy atom. The molecule has 4 rings (SSSR count). The normalized spacial score (nSPS) is 30.6. The molecule has 2 aliphatic heterocycles. The number of halogens is 1. The summed E-state index contributed by atoms with van der Waals surface area (Å²) in [5, 5.41) is 10.3. The van der Waals surface area contributed by atoms with E-state index in [2.05, 4.69) is 0 Å². The Balaban J connectivity index is 1.61. The van der Waals surface area contributed by atoms with Gasteiger partial charge >= 0.3 is 13.5 Å². The van der Waals surface area contributed by atoms with Gasteiger partial charge in [0.1, 0.15) is 24.0 Å². The number of rotatable bonds is 4. The number of aliphatic hydroxyl groups is 1. The summed E-state index contributed by atoms with van der Waals surface area (Å²) in [5.41, 5.74) is -0.220. The molecule has 1 unspecified atom stereocenters. The number of aryl methyl sites for hydroxylation is 2. The van der Waals surface area contributed by atoms with Crippen molar-refractivity contribution in [2.24, 2.45) is 0 Å². The van der Waals surface area contributed by atoms with Crippen LogP contribution in [0.3, 0.4) is 0 Å². The maximum Gasteiger partial charge on any atom is 0.530 e. The van der Waals surface area contributed by atoms with Crippen LogP contribution in [-0.2, 0) is 25.0 Å². The van der Waals surface area contributed by atoms with E-state index in [1.54, 1.807) is 19.1 Å². The summed E-state index contributed by atoms with van der Waals surface area (Å²) in [6.07, 6.45) is 1.50. The predicted molar refractivity (Wildman–Crippen MR) is 109 cm³/mol. The van der Waals surface area contributed by atoms with Crippen LogP contribution in [0.2, 0.25) is 0 Å². The number of phosphoric ester groups is 1. The van der Waals surface area contributed by atoms with Crippen molar-refractivity contribution in [3.63, 3.8) is 0 Å². The molecule has 0 aliphatic carbocycles. The molecule has 170 valence electrons. The number of ether oxygens (including phenoxy) is 1. The molecular weight excluding hydrogens is 446 g/mol. The molecule has 0 saturated carbocycles. The Morgan fingerprint density at radius 3 is 2.97 bits per heavy atom. The Bertz CT molecular complexity index is 1370.